The van der Waals surface area contributed by atoms with E-state index in [0.717, 1.165) is 56.6 Å². The summed E-state index contributed by atoms with van der Waals surface area (Å²) in [6.07, 6.45) is 0.276. The number of ether oxygens (including phenoxy) is 13. The lowest BCUT2D eigenvalue weighted by Gasteiger charge is -2.43. The summed E-state index contributed by atoms with van der Waals surface area (Å²) in [7, 11) is -2.15. The van der Waals surface area contributed by atoms with Gasteiger partial charge in [-0.05, 0) is 95.2 Å². The number of fused-ring (bicyclic) bond motifs is 6. The summed E-state index contributed by atoms with van der Waals surface area (Å²) in [5.41, 5.74) is 15.9. The van der Waals surface area contributed by atoms with Crippen molar-refractivity contribution in [2.75, 3.05) is 105 Å². The van der Waals surface area contributed by atoms with Crippen molar-refractivity contribution in [3.05, 3.63) is 195 Å². The molecule has 5 aliphatic rings. The number of rotatable bonds is 37. The van der Waals surface area contributed by atoms with Crippen LogP contribution in [0.25, 0.3) is 10.4 Å². The zero-order chi connectivity index (χ0) is 81.8. The fourth-order valence-corrected chi connectivity index (χ4v) is 14.4. The second kappa shape index (κ2) is 39.1. The first-order chi connectivity index (χ1) is 56.1. The number of hydrogen-bond acceptors (Lipinski definition) is 28. The lowest BCUT2D eigenvalue weighted by Crippen LogP contribution is -2.63. The Hall–Kier alpha value is -12.4. The molecule has 0 bridgehead atoms. The number of nitrogens with zero attached hydrogens (tertiary/aromatic N) is 9. The molecule has 610 valence electrons. The molecule has 116 heavy (non-hydrogen) atoms. The summed E-state index contributed by atoms with van der Waals surface area (Å²) in [4.78, 5) is 110. The average molecular weight is 1620 g/mol. The van der Waals surface area contributed by atoms with Crippen LogP contribution in [0.15, 0.2) is 155 Å². The summed E-state index contributed by atoms with van der Waals surface area (Å²) in [6.45, 7) is 6.96. The third-order valence-corrected chi connectivity index (χ3v) is 19.9. The minimum Gasteiger partial charge on any atom is -0.493 e. The van der Waals surface area contributed by atoms with Crippen molar-refractivity contribution >= 4 is 81.5 Å². The van der Waals surface area contributed by atoms with E-state index >= 15 is 0 Å². The van der Waals surface area contributed by atoms with Gasteiger partial charge in [-0.3, -0.25) is 43.5 Å². The van der Waals surface area contributed by atoms with Gasteiger partial charge in [0.1, 0.15) is 31.7 Å². The lowest BCUT2D eigenvalue weighted by atomic mass is 9.94. The molecule has 0 aliphatic carbocycles. The highest BCUT2D eigenvalue weighted by atomic mass is 32.3. The molecule has 0 spiro atoms. The van der Waals surface area contributed by atoms with Crippen LogP contribution in [0.4, 0.5) is 17.1 Å². The summed E-state index contributed by atoms with van der Waals surface area (Å²) < 4.78 is 116. The molecule has 1 saturated heterocycles. The van der Waals surface area contributed by atoms with Gasteiger partial charge in [0.2, 0.25) is 12.4 Å². The fraction of sp³-hybridized carbons (Fsp3) is 0.383. The predicted molar refractivity (Wildman–Crippen MR) is 413 cm³/mol. The van der Waals surface area contributed by atoms with Crippen LogP contribution in [0, 0.1) is 0 Å². The maximum absolute atomic E-state index is 14.2. The smallest absolute Gasteiger partial charge is 0.493 e. The number of esters is 4. The van der Waals surface area contributed by atoms with Gasteiger partial charge in [-0.2, -0.15) is 0 Å². The number of carbonyl (C=O) groups excluding carboxylic acids is 7. The topological polar surface area (TPSA) is 391 Å². The molecule has 34 nitrogen and oxygen atoms in total. The van der Waals surface area contributed by atoms with E-state index in [1.165, 1.54) is 43.5 Å². The van der Waals surface area contributed by atoms with E-state index in [0.29, 0.717) is 90.1 Å². The monoisotopic (exact) mass is 1620 g/mol. The van der Waals surface area contributed by atoms with Crippen molar-refractivity contribution in [1.29, 1.82) is 0 Å². The molecule has 1 aromatic heterocycles. The van der Waals surface area contributed by atoms with Crippen molar-refractivity contribution in [3.63, 3.8) is 0 Å². The number of carbonyl (C=O) groups is 7. The van der Waals surface area contributed by atoms with E-state index in [-0.39, 0.29) is 108 Å². The number of aliphatic imine (C=N–C) groups is 2. The Morgan fingerprint density at radius 3 is 1.67 bits per heavy atom. The van der Waals surface area contributed by atoms with Crippen LogP contribution in [0.1, 0.15) is 86.6 Å². The number of pyridine rings is 1. The van der Waals surface area contributed by atoms with Gasteiger partial charge in [-0.25, -0.2) is 4.57 Å². The number of methoxy groups -OCH3 is 2. The van der Waals surface area contributed by atoms with Gasteiger partial charge in [0.15, 0.2) is 65.6 Å². The minimum absolute atomic E-state index is 0.0195. The summed E-state index contributed by atoms with van der Waals surface area (Å²) >= 11 is 0. The Bertz CT molecular complexity index is 4820. The number of aromatic nitrogens is 1. The molecular weight excluding hydrogens is 1530 g/mol. The second-order valence-corrected chi connectivity index (χ2v) is 28.2. The molecule has 35 heteroatoms. The fourth-order valence-electron chi connectivity index (χ4n) is 13.7. The molecular formula is C81H87N10O24S+. The standard InChI is InChI=1S/C81H86N10O24S/c1-50(92)108-49-74-75(109-51(2)93)76(110-52(3)94)77(111-53(4)95)81(113-74)112-68-20-17-57(78(96)83-23-29-103-33-35-105-36-34-104-30-24-86-87-82)39-73(68)115-116(99,100)114-63-18-15-54(16-19-63)46-88-25-21-60(22-26-88)89(27-31-106-71-42-66-64(40-69(71)101-5)79(97)90-47-58-13-9-7-11-55(58)37-61(90)44-84-66)28-32-107-72-43-67-65(41-70(72)102-6)80(98)91-48-59-14-10-8-12-56(59)38-62(91)45-85-67/h7-22,25-26,39-45,61-62,74-77,81H,23-24,27-38,46-49H2,1-6H3/p+1/t61-,62?,74+,75-,76-,77+,81?/m0/s1. The Balaban J connectivity index is 0.745. The number of anilines is 1. The number of hydrogen-bond donors (Lipinski definition) is 1. The van der Waals surface area contributed by atoms with Gasteiger partial charge in [0.25, 0.3) is 17.7 Å². The van der Waals surface area contributed by atoms with Crippen LogP contribution < -0.4 is 46.8 Å². The minimum atomic E-state index is -5.18. The second-order valence-electron chi connectivity index (χ2n) is 27.1. The Kier molecular flexibility index (Phi) is 28.0. The molecule has 6 heterocycles. The Labute approximate surface area is 667 Å². The van der Waals surface area contributed by atoms with Crippen molar-refractivity contribution in [1.82, 2.24) is 15.1 Å². The van der Waals surface area contributed by atoms with E-state index in [9.17, 15) is 42.0 Å². The third kappa shape index (κ3) is 21.5. The van der Waals surface area contributed by atoms with Crippen molar-refractivity contribution in [2.45, 2.75) is 103 Å². The van der Waals surface area contributed by atoms with Crippen LogP contribution in [-0.4, -0.2) is 215 Å². The van der Waals surface area contributed by atoms with Crippen LogP contribution in [-0.2, 0) is 99.9 Å². The number of azide groups is 1. The van der Waals surface area contributed by atoms with Crippen LogP contribution >= 0.6 is 0 Å². The van der Waals surface area contributed by atoms with Gasteiger partial charge in [0, 0.05) is 112 Å². The highest BCUT2D eigenvalue weighted by molar-refractivity contribution is 7.82. The molecule has 1 N–H and O–H groups in total. The van der Waals surface area contributed by atoms with E-state index < -0.39 is 89.0 Å². The summed E-state index contributed by atoms with van der Waals surface area (Å²) in [5.74, 6) is -4.48. The van der Waals surface area contributed by atoms with Crippen LogP contribution in [0.2, 0.25) is 0 Å². The van der Waals surface area contributed by atoms with Crippen molar-refractivity contribution in [2.24, 2.45) is 15.1 Å². The first kappa shape index (κ1) is 83.0. The normalized spacial score (nSPS) is 18.2. The van der Waals surface area contributed by atoms with Crippen molar-refractivity contribution < 1.29 is 116 Å². The van der Waals surface area contributed by atoms with Gasteiger partial charge in [0.05, 0.1) is 102 Å². The largest absolute Gasteiger partial charge is 0.501 e. The lowest BCUT2D eigenvalue weighted by molar-refractivity contribution is -0.688. The molecule has 7 atom stereocenters. The van der Waals surface area contributed by atoms with E-state index in [1.807, 2.05) is 87.7 Å². The molecule has 3 amide bonds. The quantitative estimate of drug-likeness (QED) is 0.00737. The average Bonchev–Trinajstić information content (AvgIpc) is 1.61. The molecule has 12 rings (SSSR count). The van der Waals surface area contributed by atoms with E-state index in [4.69, 9.17) is 85.5 Å². The highest BCUT2D eigenvalue weighted by Crippen LogP contribution is 2.42. The third-order valence-electron chi connectivity index (χ3n) is 19.1. The molecule has 6 aromatic carbocycles. The Morgan fingerprint density at radius 1 is 0.595 bits per heavy atom. The van der Waals surface area contributed by atoms with Gasteiger partial charge in [-0.1, -0.05) is 53.6 Å². The van der Waals surface area contributed by atoms with Gasteiger partial charge >= 0.3 is 34.3 Å². The zero-order valence-corrected chi connectivity index (χ0v) is 65.3. The Morgan fingerprint density at radius 2 is 1.13 bits per heavy atom. The first-order valence-corrected chi connectivity index (χ1v) is 38.6. The van der Waals surface area contributed by atoms with E-state index in [2.05, 4.69) is 32.4 Å². The van der Waals surface area contributed by atoms with Crippen molar-refractivity contribution in [3.8, 4) is 40.2 Å². The summed E-state index contributed by atoms with van der Waals surface area (Å²) in [5, 5.41) is 6.06. The number of benzene rings is 6. The maximum atomic E-state index is 14.2. The zero-order valence-electron chi connectivity index (χ0n) is 64.4. The van der Waals surface area contributed by atoms with Crippen LogP contribution in [0.3, 0.4) is 0 Å². The molecule has 0 saturated carbocycles. The number of amides is 3. The molecule has 5 aliphatic heterocycles. The first-order valence-electron chi connectivity index (χ1n) is 37.2. The number of nitrogens with one attached hydrogen (secondary N) is 1. The van der Waals surface area contributed by atoms with Gasteiger partial charge < -0.3 is 90.0 Å². The predicted octanol–water partition coefficient (Wildman–Crippen LogP) is 7.82. The molecule has 7 aromatic rings. The van der Waals surface area contributed by atoms with Gasteiger partial charge in [-0.15, -0.1) is 8.42 Å². The molecule has 2 unspecified atom stereocenters. The van der Waals surface area contributed by atoms with Crippen LogP contribution in [0.5, 0.6) is 40.2 Å². The maximum Gasteiger partial charge on any atom is 0.501 e. The molecule has 1 fully saturated rings. The SMILES string of the molecule is COc1cc2c(cc1OCCN(CCOc1cc3c(cc1OC)C(=O)N1Cc4ccccc4C[C@H]1C=N3)c1cc[n+](Cc3ccc(OS(=O)(=O)Oc4cc(C(=O)NCCOCCOCCOCCN=[N+]=[N-])ccc4OC4O[C@H](COC(C)=O)[C@H](OC(C)=O)[C@H](OC(C)=O)[C@H]4OC(C)=O)cc3)cc1)N=CC1Cc3ccccc3CN1C2=O. The summed E-state index contributed by atoms with van der Waals surface area (Å²) in [6, 6.07) is 35.7. The highest BCUT2D eigenvalue weighted by Gasteiger charge is 2.54. The van der Waals surface area contributed by atoms with E-state index in [1.54, 1.807) is 36.4 Å². The molecule has 0 radical (unpaired) electrons.